The first-order valence-electron chi connectivity index (χ1n) is 10.4. The molecule has 4 heteroatoms. The zero-order valence-electron chi connectivity index (χ0n) is 17.3. The van der Waals surface area contributed by atoms with Gasteiger partial charge in [0, 0.05) is 23.5 Å². The largest absolute Gasteiger partial charge is 0.389 e. The third-order valence-corrected chi connectivity index (χ3v) is 6.13. The summed E-state index contributed by atoms with van der Waals surface area (Å²) in [6.07, 6.45) is -0.247. The van der Waals surface area contributed by atoms with Gasteiger partial charge in [-0.1, -0.05) is 91.0 Å². The number of carbonyl (C=O) groups is 3. The smallest absolute Gasteiger partial charge is 0.173 e. The Kier molecular flexibility index (Phi) is 5.66. The Morgan fingerprint density at radius 3 is 1.74 bits per heavy atom. The number of ketones is 3. The van der Waals surface area contributed by atoms with Crippen LogP contribution < -0.4 is 0 Å². The summed E-state index contributed by atoms with van der Waals surface area (Å²) in [7, 11) is 0. The third-order valence-electron chi connectivity index (χ3n) is 6.13. The summed E-state index contributed by atoms with van der Waals surface area (Å²) >= 11 is 0. The van der Waals surface area contributed by atoms with Gasteiger partial charge in [-0.3, -0.25) is 14.4 Å². The molecule has 31 heavy (non-hydrogen) atoms. The van der Waals surface area contributed by atoms with Crippen molar-refractivity contribution in [2.24, 2.45) is 11.8 Å². The molecule has 0 aliphatic heterocycles. The number of carbonyl (C=O) groups excluding carboxylic acids is 3. The molecule has 0 saturated heterocycles. The molecule has 1 aliphatic rings. The third kappa shape index (κ3) is 3.99. The van der Waals surface area contributed by atoms with Crippen LogP contribution in [0.4, 0.5) is 0 Å². The van der Waals surface area contributed by atoms with Gasteiger partial charge in [0.1, 0.15) is 5.78 Å². The second kappa shape index (κ2) is 8.40. The van der Waals surface area contributed by atoms with Crippen molar-refractivity contribution >= 4 is 17.3 Å². The first-order chi connectivity index (χ1) is 14.9. The average molecular weight is 412 g/mol. The van der Waals surface area contributed by atoms with Gasteiger partial charge >= 0.3 is 0 Å². The molecule has 0 aromatic heterocycles. The summed E-state index contributed by atoms with van der Waals surface area (Å²) in [6, 6.07) is 26.5. The minimum Gasteiger partial charge on any atom is -0.389 e. The van der Waals surface area contributed by atoms with Gasteiger partial charge in [0.2, 0.25) is 0 Å². The molecule has 4 rings (SSSR count). The first kappa shape index (κ1) is 20.9. The molecule has 0 amide bonds. The molecule has 0 bridgehead atoms. The lowest BCUT2D eigenvalue weighted by Crippen LogP contribution is -2.54. The number of benzene rings is 3. The van der Waals surface area contributed by atoms with Crippen molar-refractivity contribution in [3.05, 3.63) is 108 Å². The Morgan fingerprint density at radius 1 is 0.774 bits per heavy atom. The van der Waals surface area contributed by atoms with Crippen molar-refractivity contribution in [1.29, 1.82) is 0 Å². The second-order valence-electron chi connectivity index (χ2n) is 8.35. The zero-order valence-corrected chi connectivity index (χ0v) is 17.3. The molecule has 0 spiro atoms. The molecule has 156 valence electrons. The maximum atomic E-state index is 13.6. The van der Waals surface area contributed by atoms with Gasteiger partial charge in [0.05, 0.1) is 17.4 Å². The van der Waals surface area contributed by atoms with Crippen LogP contribution in [0.1, 0.15) is 45.5 Å². The molecule has 4 nitrogen and oxygen atoms in total. The van der Waals surface area contributed by atoms with Crippen molar-refractivity contribution in [1.82, 2.24) is 0 Å². The van der Waals surface area contributed by atoms with E-state index >= 15 is 0 Å². The van der Waals surface area contributed by atoms with Crippen LogP contribution in [-0.2, 0) is 4.79 Å². The van der Waals surface area contributed by atoms with Gasteiger partial charge in [-0.05, 0) is 12.5 Å². The van der Waals surface area contributed by atoms with Crippen molar-refractivity contribution in [3.8, 4) is 0 Å². The van der Waals surface area contributed by atoms with Gasteiger partial charge in [-0.2, -0.15) is 0 Å². The summed E-state index contributed by atoms with van der Waals surface area (Å²) < 4.78 is 0. The minimum absolute atomic E-state index is 0.247. The first-order valence-corrected chi connectivity index (χ1v) is 10.4. The van der Waals surface area contributed by atoms with Crippen LogP contribution in [0.25, 0.3) is 0 Å². The Hall–Kier alpha value is -3.37. The summed E-state index contributed by atoms with van der Waals surface area (Å²) in [6.45, 7) is 1.52. The Labute approximate surface area is 181 Å². The van der Waals surface area contributed by atoms with Crippen LogP contribution in [0.2, 0.25) is 0 Å². The van der Waals surface area contributed by atoms with Crippen LogP contribution >= 0.6 is 0 Å². The molecule has 4 atom stereocenters. The summed E-state index contributed by atoms with van der Waals surface area (Å²) in [5.41, 5.74) is 0.000395. The molecular weight excluding hydrogens is 388 g/mol. The number of hydrogen-bond donors (Lipinski definition) is 1. The monoisotopic (exact) mass is 412 g/mol. The molecule has 0 heterocycles. The highest BCUT2D eigenvalue weighted by molar-refractivity contribution is 6.13. The van der Waals surface area contributed by atoms with Crippen LogP contribution in [-0.4, -0.2) is 28.1 Å². The van der Waals surface area contributed by atoms with Gasteiger partial charge in [0.15, 0.2) is 11.6 Å². The van der Waals surface area contributed by atoms with E-state index in [0.29, 0.717) is 16.7 Å². The highest BCUT2D eigenvalue weighted by Gasteiger charge is 2.55. The number of rotatable bonds is 5. The molecule has 3 aromatic rings. The minimum atomic E-state index is -1.57. The molecule has 1 aliphatic carbocycles. The van der Waals surface area contributed by atoms with Gasteiger partial charge < -0.3 is 5.11 Å². The van der Waals surface area contributed by atoms with Crippen molar-refractivity contribution in [2.75, 3.05) is 0 Å². The predicted molar refractivity (Wildman–Crippen MR) is 118 cm³/mol. The Bertz CT molecular complexity index is 1090. The molecule has 3 aromatic carbocycles. The van der Waals surface area contributed by atoms with E-state index in [1.165, 1.54) is 6.92 Å². The van der Waals surface area contributed by atoms with Crippen molar-refractivity contribution in [3.63, 3.8) is 0 Å². The van der Waals surface area contributed by atoms with E-state index in [1.54, 1.807) is 54.6 Å². The second-order valence-corrected chi connectivity index (χ2v) is 8.35. The van der Waals surface area contributed by atoms with Crippen LogP contribution in [0.3, 0.4) is 0 Å². The SMILES string of the molecule is C[C@]1(O)CC(=O)[C@@H](C(=O)c2ccccc2)[C@@H](c2ccccc2)[C@@H]1C(=O)c1ccccc1. The van der Waals surface area contributed by atoms with E-state index in [2.05, 4.69) is 0 Å². The maximum absolute atomic E-state index is 13.6. The molecule has 1 fully saturated rings. The fourth-order valence-corrected chi connectivity index (χ4v) is 4.73. The lowest BCUT2D eigenvalue weighted by molar-refractivity contribution is -0.134. The Balaban J connectivity index is 1.87. The normalized spacial score (nSPS) is 25.7. The lowest BCUT2D eigenvalue weighted by Gasteiger charge is -2.45. The van der Waals surface area contributed by atoms with Gasteiger partial charge in [0.25, 0.3) is 0 Å². The van der Waals surface area contributed by atoms with E-state index in [-0.39, 0.29) is 23.8 Å². The lowest BCUT2D eigenvalue weighted by atomic mass is 9.58. The number of aliphatic hydroxyl groups is 1. The van der Waals surface area contributed by atoms with E-state index < -0.39 is 23.4 Å². The van der Waals surface area contributed by atoms with E-state index in [0.717, 1.165) is 0 Å². The van der Waals surface area contributed by atoms with Crippen LogP contribution in [0, 0.1) is 11.8 Å². The molecule has 1 saturated carbocycles. The van der Waals surface area contributed by atoms with Gasteiger partial charge in [-0.25, -0.2) is 0 Å². The fraction of sp³-hybridized carbons (Fsp3) is 0.222. The number of Topliss-reactive ketones (excluding diaryl/α,β-unsaturated/α-hetero) is 3. The average Bonchev–Trinajstić information content (AvgIpc) is 2.79. The predicted octanol–water partition coefficient (Wildman–Crippen LogP) is 4.49. The van der Waals surface area contributed by atoms with Gasteiger partial charge in [-0.15, -0.1) is 0 Å². The Morgan fingerprint density at radius 2 is 1.23 bits per heavy atom. The van der Waals surface area contributed by atoms with Crippen molar-refractivity contribution < 1.29 is 19.5 Å². The highest BCUT2D eigenvalue weighted by atomic mass is 16.3. The maximum Gasteiger partial charge on any atom is 0.173 e. The van der Waals surface area contributed by atoms with E-state index in [1.807, 2.05) is 36.4 Å². The fourth-order valence-electron chi connectivity index (χ4n) is 4.73. The van der Waals surface area contributed by atoms with E-state index in [4.69, 9.17) is 0 Å². The molecule has 1 N–H and O–H groups in total. The summed E-state index contributed by atoms with van der Waals surface area (Å²) in [4.78, 5) is 40.3. The summed E-state index contributed by atoms with van der Waals surface area (Å²) in [5.74, 6) is -3.67. The number of hydrogen-bond acceptors (Lipinski definition) is 4. The van der Waals surface area contributed by atoms with Crippen LogP contribution in [0.15, 0.2) is 91.0 Å². The van der Waals surface area contributed by atoms with Crippen LogP contribution in [0.5, 0.6) is 0 Å². The molecule has 0 unspecified atom stereocenters. The van der Waals surface area contributed by atoms with E-state index in [9.17, 15) is 19.5 Å². The molecular formula is C27H24O4. The standard InChI is InChI=1S/C27H24O4/c1-27(31)17-21(28)23(25(29)19-13-7-3-8-14-19)22(18-11-5-2-6-12-18)24(27)26(30)20-15-9-4-10-16-20/h2-16,22-24,31H,17H2,1H3/t22-,23-,24-,27+/m1/s1. The highest BCUT2D eigenvalue weighted by Crippen LogP contribution is 2.48. The van der Waals surface area contributed by atoms with Crippen molar-refractivity contribution in [2.45, 2.75) is 24.9 Å². The quantitative estimate of drug-likeness (QED) is 0.495. The molecule has 0 radical (unpaired) electrons. The topological polar surface area (TPSA) is 71.4 Å². The summed E-state index contributed by atoms with van der Waals surface area (Å²) in [5, 5.41) is 11.3. The zero-order chi connectivity index (χ0) is 22.0.